The lowest BCUT2D eigenvalue weighted by atomic mass is 10.1. The van der Waals surface area contributed by atoms with Crippen LogP contribution in [0.1, 0.15) is 40.9 Å². The van der Waals surface area contributed by atoms with Gasteiger partial charge in [0.05, 0.1) is 0 Å². The molecule has 5 heteroatoms. The number of anilines is 1. The van der Waals surface area contributed by atoms with Crippen molar-refractivity contribution in [2.45, 2.75) is 38.3 Å². The summed E-state index contributed by atoms with van der Waals surface area (Å²) in [6.07, 6.45) is 0. The molecule has 0 heterocycles. The number of hydrogen-bond acceptors (Lipinski definition) is 3. The topological polar surface area (TPSA) is 55.1 Å². The Bertz CT molecular complexity index is 672. The lowest BCUT2D eigenvalue weighted by Crippen LogP contribution is -2.13. The fourth-order valence-electron chi connectivity index (χ4n) is 2.22. The molecule has 3 nitrogen and oxygen atoms in total. The molecule has 0 unspecified atom stereocenters. The van der Waals surface area contributed by atoms with E-state index in [0.29, 0.717) is 17.4 Å². The van der Waals surface area contributed by atoms with E-state index >= 15 is 0 Å². The molecule has 0 bridgehead atoms. The van der Waals surface area contributed by atoms with Crippen molar-refractivity contribution in [3.05, 3.63) is 64.7 Å². The average Bonchev–Trinajstić information content (AvgIpc) is 2.55. The van der Waals surface area contributed by atoms with Crippen LogP contribution in [0.4, 0.5) is 5.69 Å². The number of thioether (sulfide) groups is 1. The van der Waals surface area contributed by atoms with Crippen LogP contribution in [0, 0.1) is 6.92 Å². The molecule has 0 atom stereocenters. The van der Waals surface area contributed by atoms with Crippen LogP contribution in [0.15, 0.2) is 42.5 Å². The molecular weight excluding hydrogens is 340 g/mol. The minimum absolute atomic E-state index is 0. The molecule has 0 fully saturated rings. The fraction of sp³-hybridized carbons (Fsp3) is 0.316. The van der Waals surface area contributed by atoms with Crippen molar-refractivity contribution in [1.82, 2.24) is 0 Å². The Labute approximate surface area is 154 Å². The highest BCUT2D eigenvalue weighted by Crippen LogP contribution is 2.25. The van der Waals surface area contributed by atoms with Crippen LogP contribution in [0.2, 0.25) is 0 Å². The first-order chi connectivity index (χ1) is 11.0. The molecule has 3 N–H and O–H groups in total. The standard InChI is InChI=1S/C19H24N2OS.ClH/c1-13(2)23-12-17-5-4-6-18(14(17)3)21-19(22)16-9-7-15(11-20)8-10-16;/h4-10,13H,11-12,20H2,1-3H3,(H,21,22);1H. The Balaban J connectivity index is 0.00000288. The largest absolute Gasteiger partial charge is 0.326 e. The van der Waals surface area contributed by atoms with E-state index in [1.165, 1.54) is 5.56 Å². The van der Waals surface area contributed by atoms with Crippen molar-refractivity contribution in [3.8, 4) is 0 Å². The summed E-state index contributed by atoms with van der Waals surface area (Å²) in [5.41, 5.74) is 10.5. The van der Waals surface area contributed by atoms with Crippen LogP contribution in [0.25, 0.3) is 0 Å². The Morgan fingerprint density at radius 2 is 1.83 bits per heavy atom. The van der Waals surface area contributed by atoms with Crippen molar-refractivity contribution in [3.63, 3.8) is 0 Å². The number of nitrogens with two attached hydrogens (primary N) is 1. The summed E-state index contributed by atoms with van der Waals surface area (Å²) in [7, 11) is 0. The molecule has 0 saturated carbocycles. The third-order valence-electron chi connectivity index (χ3n) is 3.72. The van der Waals surface area contributed by atoms with Gasteiger partial charge in [0.1, 0.15) is 0 Å². The minimum Gasteiger partial charge on any atom is -0.326 e. The molecule has 1 amide bonds. The highest BCUT2D eigenvalue weighted by molar-refractivity contribution is 7.99. The zero-order chi connectivity index (χ0) is 16.8. The Hall–Kier alpha value is -1.49. The van der Waals surface area contributed by atoms with Crippen LogP contribution in [-0.4, -0.2) is 11.2 Å². The summed E-state index contributed by atoms with van der Waals surface area (Å²) in [6, 6.07) is 13.5. The van der Waals surface area contributed by atoms with E-state index in [1.807, 2.05) is 48.2 Å². The van der Waals surface area contributed by atoms with Gasteiger partial charge in [0.25, 0.3) is 5.91 Å². The Morgan fingerprint density at radius 3 is 2.42 bits per heavy atom. The lowest BCUT2D eigenvalue weighted by molar-refractivity contribution is 0.102. The second-order valence-electron chi connectivity index (χ2n) is 5.80. The van der Waals surface area contributed by atoms with Gasteiger partial charge >= 0.3 is 0 Å². The van der Waals surface area contributed by atoms with Gasteiger partial charge in [-0.3, -0.25) is 4.79 Å². The van der Waals surface area contributed by atoms with Gasteiger partial charge in [-0.1, -0.05) is 38.1 Å². The molecule has 0 aliphatic carbocycles. The van der Waals surface area contributed by atoms with E-state index in [9.17, 15) is 4.79 Å². The lowest BCUT2D eigenvalue weighted by Gasteiger charge is -2.13. The summed E-state index contributed by atoms with van der Waals surface area (Å²) in [5, 5.41) is 3.60. The number of carbonyl (C=O) groups excluding carboxylic acids is 1. The first-order valence-corrected chi connectivity index (χ1v) is 8.86. The second kappa shape index (κ2) is 9.72. The molecule has 0 aliphatic rings. The maximum atomic E-state index is 12.4. The Morgan fingerprint density at radius 1 is 1.17 bits per heavy atom. The fourth-order valence-corrected chi connectivity index (χ4v) is 3.04. The van der Waals surface area contributed by atoms with E-state index in [1.54, 1.807) is 0 Å². The predicted molar refractivity (Wildman–Crippen MR) is 107 cm³/mol. The minimum atomic E-state index is -0.0923. The molecule has 24 heavy (non-hydrogen) atoms. The molecule has 2 aromatic rings. The summed E-state index contributed by atoms with van der Waals surface area (Å²) < 4.78 is 0. The Kier molecular flexibility index (Phi) is 8.32. The van der Waals surface area contributed by atoms with Gasteiger partial charge in [-0.15, -0.1) is 12.4 Å². The van der Waals surface area contributed by atoms with Crippen LogP contribution in [-0.2, 0) is 12.3 Å². The molecular formula is C19H25ClN2OS. The number of amides is 1. The van der Waals surface area contributed by atoms with Gasteiger partial charge in [0.15, 0.2) is 0 Å². The molecule has 0 aliphatic heterocycles. The van der Waals surface area contributed by atoms with Gasteiger partial charge < -0.3 is 11.1 Å². The van der Waals surface area contributed by atoms with E-state index in [-0.39, 0.29) is 18.3 Å². The smallest absolute Gasteiger partial charge is 0.255 e. The molecule has 130 valence electrons. The number of benzene rings is 2. The van der Waals surface area contributed by atoms with Crippen LogP contribution < -0.4 is 11.1 Å². The number of rotatable bonds is 6. The highest BCUT2D eigenvalue weighted by Gasteiger charge is 2.10. The average molecular weight is 365 g/mol. The quantitative estimate of drug-likeness (QED) is 0.776. The molecule has 0 spiro atoms. The molecule has 0 radical (unpaired) electrons. The second-order valence-corrected chi connectivity index (χ2v) is 7.37. The highest BCUT2D eigenvalue weighted by atomic mass is 35.5. The third-order valence-corrected chi connectivity index (χ3v) is 4.86. The molecule has 0 aromatic heterocycles. The summed E-state index contributed by atoms with van der Waals surface area (Å²) in [4.78, 5) is 12.4. The number of hydrogen-bond donors (Lipinski definition) is 2. The predicted octanol–water partition coefficient (Wildman–Crippen LogP) is 4.77. The first-order valence-electron chi connectivity index (χ1n) is 7.81. The maximum absolute atomic E-state index is 12.4. The maximum Gasteiger partial charge on any atom is 0.255 e. The third kappa shape index (κ3) is 5.55. The van der Waals surface area contributed by atoms with Crippen LogP contribution >= 0.6 is 24.2 Å². The normalized spacial score (nSPS) is 10.4. The van der Waals surface area contributed by atoms with Gasteiger partial charge in [-0.05, 0) is 47.1 Å². The van der Waals surface area contributed by atoms with Crippen LogP contribution in [0.5, 0.6) is 0 Å². The van der Waals surface area contributed by atoms with Crippen molar-refractivity contribution in [2.75, 3.05) is 5.32 Å². The zero-order valence-electron chi connectivity index (χ0n) is 14.3. The number of carbonyl (C=O) groups is 1. The monoisotopic (exact) mass is 364 g/mol. The molecule has 2 aromatic carbocycles. The summed E-state index contributed by atoms with van der Waals surface area (Å²) >= 11 is 1.90. The number of halogens is 1. The van der Waals surface area contributed by atoms with Gasteiger partial charge in [-0.25, -0.2) is 0 Å². The first kappa shape index (κ1) is 20.6. The van der Waals surface area contributed by atoms with Crippen molar-refractivity contribution in [2.24, 2.45) is 5.73 Å². The SMILES string of the molecule is Cc1c(CSC(C)C)cccc1NC(=O)c1ccc(CN)cc1.Cl. The zero-order valence-corrected chi connectivity index (χ0v) is 16.0. The van der Waals surface area contributed by atoms with E-state index in [2.05, 4.69) is 32.2 Å². The van der Waals surface area contributed by atoms with E-state index in [0.717, 1.165) is 22.6 Å². The van der Waals surface area contributed by atoms with Crippen molar-refractivity contribution >= 4 is 35.8 Å². The van der Waals surface area contributed by atoms with E-state index in [4.69, 9.17) is 5.73 Å². The molecule has 2 rings (SSSR count). The van der Waals surface area contributed by atoms with Crippen molar-refractivity contribution < 1.29 is 4.79 Å². The van der Waals surface area contributed by atoms with Gasteiger partial charge in [0.2, 0.25) is 0 Å². The summed E-state index contributed by atoms with van der Waals surface area (Å²) in [6.45, 7) is 6.92. The van der Waals surface area contributed by atoms with Crippen LogP contribution in [0.3, 0.4) is 0 Å². The number of nitrogens with one attached hydrogen (secondary N) is 1. The van der Waals surface area contributed by atoms with E-state index < -0.39 is 0 Å². The van der Waals surface area contributed by atoms with Gasteiger partial charge in [-0.2, -0.15) is 11.8 Å². The summed E-state index contributed by atoms with van der Waals surface area (Å²) in [5.74, 6) is 0.864. The molecule has 0 saturated heterocycles. The van der Waals surface area contributed by atoms with Crippen molar-refractivity contribution in [1.29, 1.82) is 0 Å². The van der Waals surface area contributed by atoms with Gasteiger partial charge in [0, 0.05) is 23.5 Å².